The molecule has 3 rings (SSSR count). The van der Waals surface area contributed by atoms with Crippen molar-refractivity contribution in [3.8, 4) is 11.5 Å². The van der Waals surface area contributed by atoms with Gasteiger partial charge in [-0.2, -0.15) is 5.10 Å². The Morgan fingerprint density at radius 2 is 1.81 bits per heavy atom. The average molecular weight is 403 g/mol. The number of hydrazone groups is 1. The number of hydrogen-bond donors (Lipinski definition) is 1. The first-order valence-corrected chi connectivity index (χ1v) is 8.79. The number of amides is 1. The second-order valence-corrected chi connectivity index (χ2v) is 6.40. The quantitative estimate of drug-likeness (QED) is 0.480. The van der Waals surface area contributed by atoms with Crippen LogP contribution in [-0.2, 0) is 4.79 Å². The maximum Gasteiger partial charge on any atom is 0.277 e. The van der Waals surface area contributed by atoms with Gasteiger partial charge in [-0.05, 0) is 35.7 Å². The monoisotopic (exact) mass is 402 g/mol. The van der Waals surface area contributed by atoms with Gasteiger partial charge in [0.2, 0.25) is 0 Å². The molecule has 0 unspecified atom stereocenters. The average Bonchev–Trinajstić information content (AvgIpc) is 2.67. The molecule has 0 fully saturated rings. The number of nitrogens with zero attached hydrogens (tertiary/aromatic N) is 1. The highest BCUT2D eigenvalue weighted by atomic mass is 35.5. The molecular formula is C20H16Cl2N2O3. The normalized spacial score (nSPS) is 10.9. The largest absolute Gasteiger partial charge is 0.496 e. The van der Waals surface area contributed by atoms with Gasteiger partial charge >= 0.3 is 0 Å². The second-order valence-electron chi connectivity index (χ2n) is 5.56. The molecule has 3 aromatic carbocycles. The molecule has 138 valence electrons. The zero-order chi connectivity index (χ0) is 19.2. The van der Waals surface area contributed by atoms with Crippen LogP contribution in [0.1, 0.15) is 5.56 Å². The topological polar surface area (TPSA) is 59.9 Å². The highest BCUT2D eigenvalue weighted by molar-refractivity contribution is 6.35. The van der Waals surface area contributed by atoms with Gasteiger partial charge in [0.25, 0.3) is 5.91 Å². The highest BCUT2D eigenvalue weighted by Gasteiger charge is 2.07. The minimum absolute atomic E-state index is 0.220. The number of rotatable bonds is 6. The third-order valence-electron chi connectivity index (χ3n) is 3.78. The van der Waals surface area contributed by atoms with Crippen molar-refractivity contribution in [2.45, 2.75) is 0 Å². The SMILES string of the molecule is COc1ccc(/C=N/NC(=O)COc2ccc(Cl)cc2Cl)c2ccccc12. The molecule has 5 nitrogen and oxygen atoms in total. The lowest BCUT2D eigenvalue weighted by molar-refractivity contribution is -0.123. The fraction of sp³-hybridized carbons (Fsp3) is 0.100. The van der Waals surface area contributed by atoms with Gasteiger partial charge in [-0.3, -0.25) is 4.79 Å². The van der Waals surface area contributed by atoms with Crippen LogP contribution in [0.25, 0.3) is 10.8 Å². The van der Waals surface area contributed by atoms with Crippen LogP contribution < -0.4 is 14.9 Å². The maximum absolute atomic E-state index is 11.9. The van der Waals surface area contributed by atoms with Gasteiger partial charge in [0.05, 0.1) is 18.3 Å². The van der Waals surface area contributed by atoms with Crippen molar-refractivity contribution in [1.82, 2.24) is 5.43 Å². The van der Waals surface area contributed by atoms with Crippen LogP contribution in [0.4, 0.5) is 0 Å². The van der Waals surface area contributed by atoms with E-state index in [9.17, 15) is 4.79 Å². The summed E-state index contributed by atoms with van der Waals surface area (Å²) in [5.74, 6) is 0.747. The van der Waals surface area contributed by atoms with E-state index in [4.69, 9.17) is 32.7 Å². The molecule has 0 aromatic heterocycles. The van der Waals surface area contributed by atoms with E-state index in [0.29, 0.717) is 15.8 Å². The van der Waals surface area contributed by atoms with Crippen molar-refractivity contribution in [2.24, 2.45) is 5.10 Å². The van der Waals surface area contributed by atoms with Crippen LogP contribution >= 0.6 is 23.2 Å². The number of halogens is 2. The minimum atomic E-state index is -0.407. The summed E-state index contributed by atoms with van der Waals surface area (Å²) in [4.78, 5) is 11.9. The molecule has 0 aliphatic heterocycles. The molecule has 0 saturated heterocycles. The van der Waals surface area contributed by atoms with E-state index >= 15 is 0 Å². The molecule has 1 amide bonds. The summed E-state index contributed by atoms with van der Waals surface area (Å²) in [7, 11) is 1.63. The van der Waals surface area contributed by atoms with Crippen LogP contribution in [-0.4, -0.2) is 25.8 Å². The fourth-order valence-corrected chi connectivity index (χ4v) is 2.99. The van der Waals surface area contributed by atoms with E-state index in [1.165, 1.54) is 0 Å². The van der Waals surface area contributed by atoms with Crippen molar-refractivity contribution in [3.63, 3.8) is 0 Å². The van der Waals surface area contributed by atoms with Crippen molar-refractivity contribution in [3.05, 3.63) is 70.2 Å². The fourth-order valence-electron chi connectivity index (χ4n) is 2.53. The third-order valence-corrected chi connectivity index (χ3v) is 4.31. The summed E-state index contributed by atoms with van der Waals surface area (Å²) in [6.07, 6.45) is 1.58. The van der Waals surface area contributed by atoms with Crippen LogP contribution in [0.15, 0.2) is 59.7 Å². The zero-order valence-electron chi connectivity index (χ0n) is 14.4. The van der Waals surface area contributed by atoms with Gasteiger partial charge in [0, 0.05) is 16.0 Å². The Bertz CT molecular complexity index is 1010. The first-order valence-electron chi connectivity index (χ1n) is 8.04. The molecule has 0 aliphatic rings. The van der Waals surface area contributed by atoms with Crippen molar-refractivity contribution in [2.75, 3.05) is 13.7 Å². The van der Waals surface area contributed by atoms with Gasteiger partial charge in [0.15, 0.2) is 6.61 Å². The van der Waals surface area contributed by atoms with Crippen molar-refractivity contribution < 1.29 is 14.3 Å². The van der Waals surface area contributed by atoms with E-state index in [2.05, 4.69) is 10.5 Å². The Morgan fingerprint density at radius 3 is 2.56 bits per heavy atom. The van der Waals surface area contributed by atoms with E-state index in [1.807, 2.05) is 36.4 Å². The number of hydrogen-bond acceptors (Lipinski definition) is 4. The van der Waals surface area contributed by atoms with E-state index < -0.39 is 5.91 Å². The van der Waals surface area contributed by atoms with Gasteiger partial charge in [0.1, 0.15) is 11.5 Å². The Labute approximate surface area is 166 Å². The van der Waals surface area contributed by atoms with E-state index in [1.54, 1.807) is 31.5 Å². The number of carbonyl (C=O) groups is 1. The molecule has 0 heterocycles. The summed E-state index contributed by atoms with van der Waals surface area (Å²) in [6.45, 7) is -0.220. The zero-order valence-corrected chi connectivity index (χ0v) is 15.9. The summed E-state index contributed by atoms with van der Waals surface area (Å²) < 4.78 is 10.7. The van der Waals surface area contributed by atoms with Crippen LogP contribution in [0.5, 0.6) is 11.5 Å². The van der Waals surface area contributed by atoms with Crippen LogP contribution in [0.2, 0.25) is 10.0 Å². The molecule has 0 atom stereocenters. The number of carbonyl (C=O) groups excluding carboxylic acids is 1. The molecule has 0 saturated carbocycles. The standard InChI is InChI=1S/C20H16Cl2N2O3/c1-26-18-8-6-13(15-4-2-3-5-16(15)18)11-23-24-20(25)12-27-19-9-7-14(21)10-17(19)22/h2-11H,12H2,1H3,(H,24,25)/b23-11+. The smallest absolute Gasteiger partial charge is 0.277 e. The molecule has 1 N–H and O–H groups in total. The van der Waals surface area contributed by atoms with Crippen molar-refractivity contribution >= 4 is 46.1 Å². The van der Waals surface area contributed by atoms with Crippen LogP contribution in [0, 0.1) is 0 Å². The summed E-state index contributed by atoms with van der Waals surface area (Å²) in [5.41, 5.74) is 3.29. The molecule has 3 aromatic rings. The molecule has 0 bridgehead atoms. The second kappa shape index (κ2) is 8.75. The molecule has 0 aliphatic carbocycles. The predicted octanol–water partition coefficient (Wildman–Crippen LogP) is 4.68. The van der Waals surface area contributed by atoms with Crippen molar-refractivity contribution in [1.29, 1.82) is 0 Å². The lowest BCUT2D eigenvalue weighted by Crippen LogP contribution is -2.24. The highest BCUT2D eigenvalue weighted by Crippen LogP contribution is 2.28. The maximum atomic E-state index is 11.9. The molecular weight excluding hydrogens is 387 g/mol. The Balaban J connectivity index is 1.64. The van der Waals surface area contributed by atoms with Gasteiger partial charge in [-0.25, -0.2) is 5.43 Å². The number of benzene rings is 3. The molecule has 0 radical (unpaired) electrons. The number of methoxy groups -OCH3 is 1. The Kier molecular flexibility index (Phi) is 6.16. The first kappa shape index (κ1) is 19.0. The Hall–Kier alpha value is -2.76. The third kappa shape index (κ3) is 4.70. The number of nitrogens with one attached hydrogen (secondary N) is 1. The molecule has 27 heavy (non-hydrogen) atoms. The Morgan fingerprint density at radius 1 is 1.07 bits per heavy atom. The summed E-state index contributed by atoms with van der Waals surface area (Å²) in [6, 6.07) is 16.3. The summed E-state index contributed by atoms with van der Waals surface area (Å²) >= 11 is 11.8. The van der Waals surface area contributed by atoms with Gasteiger partial charge in [-0.15, -0.1) is 0 Å². The van der Waals surface area contributed by atoms with Crippen LogP contribution in [0.3, 0.4) is 0 Å². The number of ether oxygens (including phenoxy) is 2. The van der Waals surface area contributed by atoms with Gasteiger partial charge in [-0.1, -0.05) is 47.5 Å². The molecule has 0 spiro atoms. The lowest BCUT2D eigenvalue weighted by Gasteiger charge is -2.08. The van der Waals surface area contributed by atoms with E-state index in [0.717, 1.165) is 22.1 Å². The number of fused-ring (bicyclic) bond motifs is 1. The minimum Gasteiger partial charge on any atom is -0.496 e. The summed E-state index contributed by atoms with van der Waals surface area (Å²) in [5, 5.41) is 6.77. The lowest BCUT2D eigenvalue weighted by atomic mass is 10.0. The first-order chi connectivity index (χ1) is 13.1. The predicted molar refractivity (Wildman–Crippen MR) is 108 cm³/mol. The molecule has 7 heteroatoms. The van der Waals surface area contributed by atoms with Gasteiger partial charge < -0.3 is 9.47 Å². The van der Waals surface area contributed by atoms with E-state index in [-0.39, 0.29) is 6.61 Å².